The largest absolute Gasteiger partial charge is 0.510 e. The Morgan fingerprint density at radius 1 is 1.05 bits per heavy atom. The van der Waals surface area contributed by atoms with Gasteiger partial charge in [-0.2, -0.15) is 0 Å². The van der Waals surface area contributed by atoms with Crippen LogP contribution in [0.2, 0.25) is 0 Å². The fraction of sp³-hybridized carbons (Fsp3) is 0.333. The first-order valence-electron chi connectivity index (χ1n) is 13.0. The summed E-state index contributed by atoms with van der Waals surface area (Å²) in [6, 6.07) is 9.79. The van der Waals surface area contributed by atoms with Gasteiger partial charge in [-0.05, 0) is 56.6 Å². The number of carbonyl (C=O) groups excluding carboxylic acids is 4. The number of phenolic OH excluding ortho intramolecular Hbond substituents is 1. The van der Waals surface area contributed by atoms with Crippen LogP contribution < -0.4 is 5.73 Å². The zero-order valence-corrected chi connectivity index (χ0v) is 22.5. The molecule has 5 rings (SSSR count). The average molecular weight is 563 g/mol. The number of likely N-dealkylation sites (N-methyl/N-ethyl adjacent to an activating group) is 1. The number of phenols is 1. The Morgan fingerprint density at radius 3 is 2.32 bits per heavy atom. The van der Waals surface area contributed by atoms with Gasteiger partial charge in [-0.1, -0.05) is 30.3 Å². The van der Waals surface area contributed by atoms with Gasteiger partial charge < -0.3 is 31.3 Å². The van der Waals surface area contributed by atoms with Crippen molar-refractivity contribution in [2.75, 3.05) is 14.1 Å². The predicted octanol–water partition coefficient (Wildman–Crippen LogP) is 1.08. The van der Waals surface area contributed by atoms with Crippen LogP contribution in [0.5, 0.6) is 5.75 Å². The topological polar surface area (TPSA) is 199 Å². The first-order valence-corrected chi connectivity index (χ1v) is 13.0. The number of amides is 1. The van der Waals surface area contributed by atoms with Gasteiger partial charge in [-0.3, -0.25) is 24.1 Å². The van der Waals surface area contributed by atoms with Crippen molar-refractivity contribution >= 4 is 23.3 Å². The summed E-state index contributed by atoms with van der Waals surface area (Å²) < 4.78 is 0. The molecule has 214 valence electrons. The lowest BCUT2D eigenvalue weighted by Crippen LogP contribution is -2.68. The van der Waals surface area contributed by atoms with E-state index < -0.39 is 81.4 Å². The highest BCUT2D eigenvalue weighted by Crippen LogP contribution is 2.56. The quantitative estimate of drug-likeness (QED) is 0.226. The van der Waals surface area contributed by atoms with E-state index in [-0.39, 0.29) is 17.8 Å². The number of benzene rings is 2. The number of nitrogens with zero attached hydrogens (tertiary/aromatic N) is 1. The van der Waals surface area contributed by atoms with Crippen molar-refractivity contribution in [1.82, 2.24) is 4.90 Å². The molecule has 0 aliphatic heterocycles. The highest BCUT2D eigenvalue weighted by atomic mass is 16.4. The van der Waals surface area contributed by atoms with Crippen molar-refractivity contribution in [2.45, 2.75) is 37.0 Å². The Hall–Kier alpha value is -4.32. The minimum absolute atomic E-state index is 0.128. The third kappa shape index (κ3) is 3.91. The predicted molar refractivity (Wildman–Crippen MR) is 144 cm³/mol. The molecular weight excluding hydrogens is 532 g/mol. The van der Waals surface area contributed by atoms with Gasteiger partial charge in [0.2, 0.25) is 5.78 Å². The van der Waals surface area contributed by atoms with Gasteiger partial charge in [-0.25, -0.2) is 0 Å². The Morgan fingerprint density at radius 2 is 1.71 bits per heavy atom. The standard InChI is InChI=1S/C30H30N2O9/c1-12(33)14-7-4-6-13(10-14)11-16-15-8-5-9-17(34)18(15)24(35)20-19(16)25(36)22-23(32(2)3)26(37)21(29(31)40)28(39)30(22,41)27(20)38/h4-10,16,19,22-23,25,34,36-38,41H,11H2,1-3H3,(H2,31,40). The molecule has 7 N–H and O–H groups in total. The molecule has 0 heterocycles. The van der Waals surface area contributed by atoms with Crippen LogP contribution in [0.15, 0.2) is 65.1 Å². The number of carbonyl (C=O) groups is 4. The smallest absolute Gasteiger partial charge is 0.255 e. The van der Waals surface area contributed by atoms with Gasteiger partial charge in [0.1, 0.15) is 22.8 Å². The second-order valence-electron chi connectivity index (χ2n) is 11.1. The van der Waals surface area contributed by atoms with Crippen LogP contribution in [0.3, 0.4) is 0 Å². The molecular formula is C30H30N2O9. The Balaban J connectivity index is 1.79. The number of aromatic hydroxyl groups is 1. The molecule has 3 aliphatic rings. The summed E-state index contributed by atoms with van der Waals surface area (Å²) in [4.78, 5) is 53.0. The third-order valence-corrected chi connectivity index (χ3v) is 8.59. The normalized spacial score (nSPS) is 29.3. The second-order valence-corrected chi connectivity index (χ2v) is 11.1. The fourth-order valence-corrected chi connectivity index (χ4v) is 6.81. The van der Waals surface area contributed by atoms with E-state index in [0.717, 1.165) is 0 Å². The number of aliphatic hydroxyl groups excluding tert-OH is 3. The van der Waals surface area contributed by atoms with Crippen LogP contribution in [0, 0.1) is 11.8 Å². The molecule has 0 saturated heterocycles. The summed E-state index contributed by atoms with van der Waals surface area (Å²) in [6.07, 6.45) is -1.59. The van der Waals surface area contributed by atoms with Crippen molar-refractivity contribution in [2.24, 2.45) is 17.6 Å². The lowest BCUT2D eigenvalue weighted by Gasteiger charge is -2.53. The molecule has 0 fully saturated rings. The molecule has 2 aromatic carbocycles. The van der Waals surface area contributed by atoms with E-state index in [2.05, 4.69) is 0 Å². The summed E-state index contributed by atoms with van der Waals surface area (Å²) in [5, 5.41) is 57.1. The van der Waals surface area contributed by atoms with E-state index in [0.29, 0.717) is 16.7 Å². The summed E-state index contributed by atoms with van der Waals surface area (Å²) in [5.74, 6) is -9.80. The Bertz CT molecular complexity index is 1590. The van der Waals surface area contributed by atoms with Crippen LogP contribution >= 0.6 is 0 Å². The van der Waals surface area contributed by atoms with E-state index in [1.165, 1.54) is 38.1 Å². The van der Waals surface area contributed by atoms with Crippen molar-refractivity contribution < 1.29 is 44.7 Å². The van der Waals surface area contributed by atoms with Crippen LogP contribution in [0.25, 0.3) is 0 Å². The SMILES string of the molecule is CC(=O)c1cccc(CC2c3cccc(O)c3C(=O)C3=C(O)C4(O)C(=O)C(C(N)=O)=C(O)C(N(C)C)C4C(O)C32)c1. The van der Waals surface area contributed by atoms with E-state index in [4.69, 9.17) is 5.73 Å². The lowest BCUT2D eigenvalue weighted by atomic mass is 9.54. The molecule has 0 aromatic heterocycles. The van der Waals surface area contributed by atoms with Gasteiger partial charge in [0, 0.05) is 17.1 Å². The lowest BCUT2D eigenvalue weighted by molar-refractivity contribution is -0.162. The maximum atomic E-state index is 13.9. The highest BCUT2D eigenvalue weighted by molar-refractivity contribution is 6.25. The van der Waals surface area contributed by atoms with Crippen LogP contribution in [-0.2, 0) is 16.0 Å². The minimum atomic E-state index is -2.99. The monoisotopic (exact) mass is 562 g/mol. The van der Waals surface area contributed by atoms with Gasteiger partial charge in [0.25, 0.3) is 5.91 Å². The maximum Gasteiger partial charge on any atom is 0.255 e. The highest BCUT2D eigenvalue weighted by Gasteiger charge is 2.67. The summed E-state index contributed by atoms with van der Waals surface area (Å²) in [7, 11) is 2.95. The van der Waals surface area contributed by atoms with Crippen molar-refractivity contribution in [3.8, 4) is 5.75 Å². The van der Waals surface area contributed by atoms with Gasteiger partial charge in [0.05, 0.1) is 23.6 Å². The average Bonchev–Trinajstić information content (AvgIpc) is 2.90. The van der Waals surface area contributed by atoms with Gasteiger partial charge in [-0.15, -0.1) is 0 Å². The van der Waals surface area contributed by atoms with Crippen molar-refractivity contribution in [1.29, 1.82) is 0 Å². The molecule has 2 aromatic rings. The van der Waals surface area contributed by atoms with Gasteiger partial charge >= 0.3 is 0 Å². The van der Waals surface area contributed by atoms with Gasteiger partial charge in [0.15, 0.2) is 17.2 Å². The molecule has 11 nitrogen and oxygen atoms in total. The first kappa shape index (κ1) is 28.2. The molecule has 0 spiro atoms. The van der Waals surface area contributed by atoms with Crippen LogP contribution in [0.4, 0.5) is 0 Å². The number of ketones is 3. The number of rotatable bonds is 5. The Labute approximate surface area is 234 Å². The van der Waals surface area contributed by atoms with Crippen LogP contribution in [0.1, 0.15) is 44.7 Å². The number of primary amides is 1. The fourth-order valence-electron chi connectivity index (χ4n) is 6.81. The maximum absolute atomic E-state index is 13.9. The zero-order valence-electron chi connectivity index (χ0n) is 22.5. The number of nitrogens with two attached hydrogens (primary N) is 1. The summed E-state index contributed by atoms with van der Waals surface area (Å²) in [5.41, 5.74) is 2.19. The number of hydrogen-bond donors (Lipinski definition) is 6. The first-order chi connectivity index (χ1) is 19.2. The van der Waals surface area contributed by atoms with Crippen molar-refractivity contribution in [3.63, 3.8) is 0 Å². The molecule has 1 amide bonds. The molecule has 6 atom stereocenters. The number of aliphatic hydroxyl groups is 4. The minimum Gasteiger partial charge on any atom is -0.510 e. The molecule has 0 saturated carbocycles. The zero-order chi connectivity index (χ0) is 30.1. The summed E-state index contributed by atoms with van der Waals surface area (Å²) in [6.45, 7) is 1.41. The number of hydrogen-bond acceptors (Lipinski definition) is 10. The Kier molecular flexibility index (Phi) is 6.64. The molecule has 41 heavy (non-hydrogen) atoms. The van der Waals surface area contributed by atoms with E-state index in [1.54, 1.807) is 30.3 Å². The second kappa shape index (κ2) is 9.65. The van der Waals surface area contributed by atoms with E-state index in [1.807, 2.05) is 0 Å². The molecule has 0 radical (unpaired) electrons. The van der Waals surface area contributed by atoms with Crippen molar-refractivity contribution in [3.05, 3.63) is 87.4 Å². The third-order valence-electron chi connectivity index (χ3n) is 8.59. The summed E-state index contributed by atoms with van der Waals surface area (Å²) >= 11 is 0. The molecule has 11 heteroatoms. The molecule has 3 aliphatic carbocycles. The van der Waals surface area contributed by atoms with Crippen LogP contribution in [-0.4, -0.2) is 85.5 Å². The van der Waals surface area contributed by atoms with E-state index >= 15 is 0 Å². The van der Waals surface area contributed by atoms with E-state index in [9.17, 15) is 44.7 Å². The number of fused-ring (bicyclic) bond motifs is 3. The molecule has 0 bridgehead atoms. The molecule has 6 unspecified atom stereocenters. The number of Topliss-reactive ketones (excluding diaryl/α,β-unsaturated/α-hetero) is 3.